The molecule has 0 aliphatic rings. The molecule has 3 nitrogen and oxygen atoms in total. The van der Waals surface area contributed by atoms with E-state index in [0.29, 0.717) is 0 Å². The lowest BCUT2D eigenvalue weighted by atomic mass is 10.0. The highest BCUT2D eigenvalue weighted by molar-refractivity contribution is 7.17. The predicted octanol–water partition coefficient (Wildman–Crippen LogP) is 3.24. The van der Waals surface area contributed by atoms with E-state index >= 15 is 0 Å². The molecule has 0 bridgehead atoms. The summed E-state index contributed by atoms with van der Waals surface area (Å²) in [7, 11) is 0. The van der Waals surface area contributed by atoms with Gasteiger partial charge in [-0.2, -0.15) is 0 Å². The van der Waals surface area contributed by atoms with Gasteiger partial charge in [-0.05, 0) is 41.8 Å². The van der Waals surface area contributed by atoms with Crippen LogP contribution in [-0.2, 0) is 6.42 Å². The van der Waals surface area contributed by atoms with Gasteiger partial charge in [-0.1, -0.05) is 18.2 Å². The second-order valence-corrected chi connectivity index (χ2v) is 5.51. The van der Waals surface area contributed by atoms with Crippen molar-refractivity contribution in [2.45, 2.75) is 19.4 Å². The molecule has 1 aromatic carbocycles. The van der Waals surface area contributed by atoms with Gasteiger partial charge in [0.15, 0.2) is 0 Å². The van der Waals surface area contributed by atoms with Gasteiger partial charge in [0.05, 0.1) is 11.7 Å². The fourth-order valence-electron chi connectivity index (χ4n) is 2.21. The van der Waals surface area contributed by atoms with Crippen molar-refractivity contribution in [1.82, 2.24) is 9.97 Å². The van der Waals surface area contributed by atoms with E-state index in [-0.39, 0.29) is 6.04 Å². The van der Waals surface area contributed by atoms with Crippen LogP contribution in [-0.4, -0.2) is 9.97 Å². The van der Waals surface area contributed by atoms with Gasteiger partial charge in [-0.25, -0.2) is 9.97 Å². The van der Waals surface area contributed by atoms with Crippen LogP contribution >= 0.6 is 11.3 Å². The van der Waals surface area contributed by atoms with Gasteiger partial charge in [0.1, 0.15) is 5.82 Å². The molecule has 0 saturated heterocycles. The Morgan fingerprint density at radius 1 is 1.26 bits per heavy atom. The topological polar surface area (TPSA) is 51.8 Å². The number of aryl methyl sites for hydroxylation is 1. The molecule has 0 amide bonds. The van der Waals surface area contributed by atoms with Gasteiger partial charge in [-0.15, -0.1) is 11.3 Å². The summed E-state index contributed by atoms with van der Waals surface area (Å²) in [4.78, 5) is 8.51. The molecule has 2 aromatic heterocycles. The van der Waals surface area contributed by atoms with Crippen molar-refractivity contribution in [1.29, 1.82) is 0 Å². The fourth-order valence-corrected chi connectivity index (χ4v) is 3.19. The Hall–Kier alpha value is -1.78. The molecule has 0 fully saturated rings. The maximum atomic E-state index is 6.26. The van der Waals surface area contributed by atoms with E-state index in [2.05, 4.69) is 39.6 Å². The number of fused-ring (bicyclic) bond motifs is 1. The highest BCUT2D eigenvalue weighted by Crippen LogP contribution is 2.28. The number of benzene rings is 1. The van der Waals surface area contributed by atoms with Gasteiger partial charge in [0, 0.05) is 10.9 Å². The quantitative estimate of drug-likeness (QED) is 0.794. The Morgan fingerprint density at radius 2 is 2.11 bits per heavy atom. The molecule has 1 atom stereocenters. The number of aromatic nitrogens is 2. The van der Waals surface area contributed by atoms with Crippen molar-refractivity contribution in [2.24, 2.45) is 5.73 Å². The van der Waals surface area contributed by atoms with Crippen molar-refractivity contribution >= 4 is 21.4 Å². The maximum Gasteiger partial charge on any atom is 0.125 e. The third-order valence-electron chi connectivity index (χ3n) is 3.18. The van der Waals surface area contributed by atoms with Crippen LogP contribution in [0.4, 0.5) is 0 Å². The zero-order valence-electron chi connectivity index (χ0n) is 10.7. The third kappa shape index (κ3) is 2.50. The number of hydrogen-bond donors (Lipinski definition) is 1. The maximum absolute atomic E-state index is 6.26. The van der Waals surface area contributed by atoms with Crippen LogP contribution < -0.4 is 5.73 Å². The molecule has 0 aliphatic carbocycles. The molecule has 0 radical (unpaired) electrons. The number of rotatable bonds is 3. The average Bonchev–Trinajstić information content (AvgIpc) is 2.82. The Balaban J connectivity index is 1.89. The minimum Gasteiger partial charge on any atom is -0.322 e. The summed E-state index contributed by atoms with van der Waals surface area (Å²) in [6.45, 7) is 1.89. The lowest BCUT2D eigenvalue weighted by Crippen LogP contribution is -2.15. The highest BCUT2D eigenvalue weighted by Gasteiger charge is 2.12. The van der Waals surface area contributed by atoms with Crippen molar-refractivity contribution in [3.8, 4) is 0 Å². The zero-order valence-corrected chi connectivity index (χ0v) is 11.5. The Morgan fingerprint density at radius 3 is 2.95 bits per heavy atom. The second-order valence-electron chi connectivity index (χ2n) is 4.60. The van der Waals surface area contributed by atoms with Gasteiger partial charge >= 0.3 is 0 Å². The van der Waals surface area contributed by atoms with E-state index in [4.69, 9.17) is 5.73 Å². The summed E-state index contributed by atoms with van der Waals surface area (Å²) in [6, 6.07) is 10.2. The van der Waals surface area contributed by atoms with E-state index in [1.54, 1.807) is 17.5 Å². The standard InChI is InChI=1S/C15H15N3S/c1-10-17-7-6-14(18-10)13(16)8-11-9-19-15-5-3-2-4-12(11)15/h2-7,9,13H,8,16H2,1H3. The van der Waals surface area contributed by atoms with E-state index in [9.17, 15) is 0 Å². The molecule has 3 rings (SSSR count). The van der Waals surface area contributed by atoms with Crippen LogP contribution in [0, 0.1) is 6.92 Å². The monoisotopic (exact) mass is 269 g/mol. The third-order valence-corrected chi connectivity index (χ3v) is 4.19. The van der Waals surface area contributed by atoms with E-state index < -0.39 is 0 Å². The predicted molar refractivity (Wildman–Crippen MR) is 79.2 cm³/mol. The fraction of sp³-hybridized carbons (Fsp3) is 0.200. The number of hydrogen-bond acceptors (Lipinski definition) is 4. The molecule has 0 aliphatic heterocycles. The molecule has 2 N–H and O–H groups in total. The summed E-state index contributed by atoms with van der Waals surface area (Å²) in [5, 5.41) is 3.49. The first-order valence-electron chi connectivity index (χ1n) is 6.24. The summed E-state index contributed by atoms with van der Waals surface area (Å²) in [5.74, 6) is 0.767. The van der Waals surface area contributed by atoms with Crippen LogP contribution in [0.2, 0.25) is 0 Å². The minimum atomic E-state index is -0.0836. The van der Waals surface area contributed by atoms with Gasteiger partial charge < -0.3 is 5.73 Å². The van der Waals surface area contributed by atoms with Crippen LogP contribution in [0.5, 0.6) is 0 Å². The molecular formula is C15H15N3S. The summed E-state index contributed by atoms with van der Waals surface area (Å²) < 4.78 is 1.31. The first-order chi connectivity index (χ1) is 9.24. The lowest BCUT2D eigenvalue weighted by Gasteiger charge is -2.10. The molecule has 2 heterocycles. The van der Waals surface area contributed by atoms with Crippen LogP contribution in [0.1, 0.15) is 23.1 Å². The lowest BCUT2D eigenvalue weighted by molar-refractivity contribution is 0.692. The van der Waals surface area contributed by atoms with Crippen LogP contribution in [0.3, 0.4) is 0 Å². The van der Waals surface area contributed by atoms with E-state index in [1.165, 1.54) is 15.6 Å². The first-order valence-corrected chi connectivity index (χ1v) is 7.12. The van der Waals surface area contributed by atoms with E-state index in [0.717, 1.165) is 17.9 Å². The van der Waals surface area contributed by atoms with Crippen LogP contribution in [0.15, 0.2) is 41.9 Å². The summed E-state index contributed by atoms with van der Waals surface area (Å²) in [6.07, 6.45) is 2.57. The average molecular weight is 269 g/mol. The van der Waals surface area contributed by atoms with Gasteiger partial charge in [-0.3, -0.25) is 0 Å². The van der Waals surface area contributed by atoms with Gasteiger partial charge in [0.25, 0.3) is 0 Å². The zero-order chi connectivity index (χ0) is 13.2. The Kier molecular flexibility index (Phi) is 3.27. The molecule has 0 spiro atoms. The van der Waals surface area contributed by atoms with Crippen LogP contribution in [0.25, 0.3) is 10.1 Å². The molecule has 19 heavy (non-hydrogen) atoms. The molecule has 1 unspecified atom stereocenters. The Bertz CT molecular complexity index is 705. The van der Waals surface area contributed by atoms with Crippen molar-refractivity contribution in [2.75, 3.05) is 0 Å². The largest absolute Gasteiger partial charge is 0.322 e. The highest BCUT2D eigenvalue weighted by atomic mass is 32.1. The number of thiophene rings is 1. The number of nitrogens with two attached hydrogens (primary N) is 1. The molecule has 0 saturated carbocycles. The first kappa shape index (κ1) is 12.3. The second kappa shape index (κ2) is 5.07. The van der Waals surface area contributed by atoms with Gasteiger partial charge in [0.2, 0.25) is 0 Å². The Labute approximate surface area is 116 Å². The van der Waals surface area contributed by atoms with Crippen molar-refractivity contribution in [3.63, 3.8) is 0 Å². The minimum absolute atomic E-state index is 0.0836. The molecule has 96 valence electrons. The molecule has 4 heteroatoms. The molecular weight excluding hydrogens is 254 g/mol. The van der Waals surface area contributed by atoms with E-state index in [1.807, 2.05) is 13.0 Å². The smallest absolute Gasteiger partial charge is 0.125 e. The number of nitrogens with zero attached hydrogens (tertiary/aromatic N) is 2. The SMILES string of the molecule is Cc1nccc(C(N)Cc2csc3ccccc23)n1. The normalized spacial score (nSPS) is 12.7. The summed E-state index contributed by atoms with van der Waals surface area (Å²) >= 11 is 1.77. The van der Waals surface area contributed by atoms with Crippen molar-refractivity contribution in [3.05, 3.63) is 59.0 Å². The molecule has 3 aromatic rings. The van der Waals surface area contributed by atoms with Crippen molar-refractivity contribution < 1.29 is 0 Å². The summed E-state index contributed by atoms with van der Waals surface area (Å²) in [5.41, 5.74) is 8.46.